The van der Waals surface area contributed by atoms with Gasteiger partial charge in [-0.1, -0.05) is 60.7 Å². The number of hydrogen-bond donors (Lipinski definition) is 3. The lowest BCUT2D eigenvalue weighted by atomic mass is 10.1. The first-order chi connectivity index (χ1) is 17.8. The number of nitrogens with one attached hydrogen (secondary N) is 2. The smallest absolute Gasteiger partial charge is 0.333 e. The van der Waals surface area contributed by atoms with E-state index in [1.807, 2.05) is 30.3 Å². The van der Waals surface area contributed by atoms with Crippen molar-refractivity contribution in [3.63, 3.8) is 0 Å². The predicted octanol–water partition coefficient (Wildman–Crippen LogP) is 2.50. The molecule has 9 nitrogen and oxygen atoms in total. The maximum atomic E-state index is 13.3. The highest BCUT2D eigenvalue weighted by Gasteiger charge is 2.29. The molecule has 0 aromatic heterocycles. The van der Waals surface area contributed by atoms with E-state index in [0.29, 0.717) is 11.3 Å². The van der Waals surface area contributed by atoms with Crippen LogP contribution in [0.5, 0.6) is 0 Å². The lowest BCUT2D eigenvalue weighted by Gasteiger charge is -2.23. The number of nitrogens with two attached hydrogens (primary N) is 1. The molecule has 0 aliphatic rings. The molecule has 0 unspecified atom stereocenters. The van der Waals surface area contributed by atoms with Gasteiger partial charge in [-0.25, -0.2) is 4.79 Å². The van der Waals surface area contributed by atoms with Crippen molar-refractivity contribution < 1.29 is 28.7 Å². The summed E-state index contributed by atoms with van der Waals surface area (Å²) < 4.78 is 10.0. The largest absolute Gasteiger partial charge is 0.465 e. The summed E-state index contributed by atoms with van der Waals surface area (Å²) >= 11 is 1.47. The van der Waals surface area contributed by atoms with Crippen LogP contribution in [0.4, 0.5) is 0 Å². The van der Waals surface area contributed by atoms with Crippen LogP contribution in [0.15, 0.2) is 60.7 Å². The molecule has 0 radical (unpaired) electrons. The van der Waals surface area contributed by atoms with Crippen LogP contribution in [0, 0.1) is 0 Å². The molecular weight excluding hydrogens is 494 g/mol. The zero-order valence-corrected chi connectivity index (χ0v) is 22.0. The number of benzene rings is 2. The van der Waals surface area contributed by atoms with Gasteiger partial charge in [-0.3, -0.25) is 14.4 Å². The summed E-state index contributed by atoms with van der Waals surface area (Å²) in [6.07, 6.45) is 0.0126. The minimum absolute atomic E-state index is 0.0624. The molecule has 3 atom stereocenters. The Hall–Kier alpha value is -3.37. The highest BCUT2D eigenvalue weighted by atomic mass is 32.2. The van der Waals surface area contributed by atoms with E-state index >= 15 is 0 Å². The number of carbonyl (C=O) groups excluding carboxylic acids is 4. The number of carbonyl (C=O) groups is 4. The third kappa shape index (κ3) is 10.6. The maximum absolute atomic E-state index is 13.3. The third-order valence-electron chi connectivity index (χ3n) is 5.26. The van der Waals surface area contributed by atoms with Crippen LogP contribution in [0.2, 0.25) is 0 Å². The minimum atomic E-state index is -1.02. The predicted molar refractivity (Wildman–Crippen MR) is 142 cm³/mol. The van der Waals surface area contributed by atoms with Gasteiger partial charge < -0.3 is 25.8 Å². The molecular formula is C27H35N3O6S. The molecule has 2 aromatic carbocycles. The van der Waals surface area contributed by atoms with Crippen LogP contribution in [0.3, 0.4) is 0 Å². The molecule has 0 aliphatic carbocycles. The second kappa shape index (κ2) is 16.4. The Morgan fingerprint density at radius 1 is 0.865 bits per heavy atom. The first-order valence-electron chi connectivity index (χ1n) is 12.2. The van der Waals surface area contributed by atoms with Gasteiger partial charge >= 0.3 is 11.9 Å². The second-order valence-corrected chi connectivity index (χ2v) is 9.15. The third-order valence-corrected chi connectivity index (χ3v) is 6.37. The highest BCUT2D eigenvalue weighted by molar-refractivity contribution is 7.98. The molecule has 0 bridgehead atoms. The Labute approximate surface area is 221 Å². The van der Waals surface area contributed by atoms with Crippen molar-refractivity contribution in [3.8, 4) is 0 Å². The van der Waals surface area contributed by atoms with Gasteiger partial charge in [0.25, 0.3) is 0 Å². The van der Waals surface area contributed by atoms with E-state index in [0.717, 1.165) is 5.56 Å². The Morgan fingerprint density at radius 3 is 2.08 bits per heavy atom. The van der Waals surface area contributed by atoms with Crippen molar-refractivity contribution in [1.82, 2.24) is 10.6 Å². The molecule has 0 aliphatic heterocycles. The van der Waals surface area contributed by atoms with Crippen molar-refractivity contribution in [2.45, 2.75) is 50.6 Å². The second-order valence-electron chi connectivity index (χ2n) is 8.12. The van der Waals surface area contributed by atoms with Crippen LogP contribution in [0.25, 0.3) is 0 Å². The van der Waals surface area contributed by atoms with Gasteiger partial charge in [0.15, 0.2) is 6.04 Å². The van der Waals surface area contributed by atoms with Crippen molar-refractivity contribution >= 4 is 35.5 Å². The lowest BCUT2D eigenvalue weighted by molar-refractivity contribution is -0.147. The first kappa shape index (κ1) is 29.9. The van der Waals surface area contributed by atoms with Gasteiger partial charge in [0.05, 0.1) is 13.2 Å². The fourth-order valence-corrected chi connectivity index (χ4v) is 4.38. The number of rotatable bonds is 15. The van der Waals surface area contributed by atoms with E-state index in [1.165, 1.54) is 11.8 Å². The maximum Gasteiger partial charge on any atom is 0.333 e. The Kier molecular flexibility index (Phi) is 13.2. The number of esters is 2. The van der Waals surface area contributed by atoms with Gasteiger partial charge in [0, 0.05) is 17.9 Å². The molecule has 0 heterocycles. The van der Waals surface area contributed by atoms with E-state index in [1.54, 1.807) is 44.2 Å². The monoisotopic (exact) mass is 529 g/mol. The van der Waals surface area contributed by atoms with E-state index in [4.69, 9.17) is 15.2 Å². The number of hydrogen-bond acceptors (Lipinski definition) is 8. The summed E-state index contributed by atoms with van der Waals surface area (Å²) in [5.41, 5.74) is 7.43. The molecule has 0 spiro atoms. The van der Waals surface area contributed by atoms with Gasteiger partial charge in [-0.15, -0.1) is 0 Å². The standard InChI is InChI=1S/C27H35N3O6S/c1-3-35-26(33)21(28)15-16-23(31)29-22(18-37-17-19-11-7-5-8-12-19)25(32)30-24(27(34)36-4-2)20-13-9-6-10-14-20/h5-14,21-22,24H,3-4,15-18,28H2,1-2H3,(H,29,31)(H,30,32)/t21-,22-,24-/m0/s1. The SMILES string of the molecule is CCOC(=O)[C@@H](NC(=O)[C@H](CSCc1ccccc1)NC(=O)CC[C@H](N)C(=O)OCC)c1ccccc1. The topological polar surface area (TPSA) is 137 Å². The molecule has 2 amide bonds. The summed E-state index contributed by atoms with van der Waals surface area (Å²) in [5.74, 6) is -1.24. The molecule has 2 rings (SSSR count). The molecule has 0 saturated carbocycles. The molecule has 200 valence electrons. The van der Waals surface area contributed by atoms with Crippen LogP contribution in [-0.4, -0.2) is 54.8 Å². The summed E-state index contributed by atoms with van der Waals surface area (Å²) in [6.45, 7) is 3.72. The molecule has 0 saturated heterocycles. The highest BCUT2D eigenvalue weighted by Crippen LogP contribution is 2.17. The van der Waals surface area contributed by atoms with Crippen molar-refractivity contribution in [2.24, 2.45) is 5.73 Å². The summed E-state index contributed by atoms with van der Waals surface area (Å²) in [6, 6.07) is 15.6. The van der Waals surface area contributed by atoms with E-state index in [2.05, 4.69) is 10.6 Å². The lowest BCUT2D eigenvalue weighted by Crippen LogP contribution is -2.50. The van der Waals surface area contributed by atoms with Crippen molar-refractivity contribution in [3.05, 3.63) is 71.8 Å². The Morgan fingerprint density at radius 2 is 1.46 bits per heavy atom. The van der Waals surface area contributed by atoms with Crippen molar-refractivity contribution in [1.29, 1.82) is 0 Å². The van der Waals surface area contributed by atoms with Crippen LogP contribution < -0.4 is 16.4 Å². The van der Waals surface area contributed by atoms with Crippen LogP contribution in [0.1, 0.15) is 43.9 Å². The van der Waals surface area contributed by atoms with Crippen LogP contribution in [-0.2, 0) is 34.4 Å². The van der Waals surface area contributed by atoms with Gasteiger partial charge in [-0.05, 0) is 31.4 Å². The quantitative estimate of drug-likeness (QED) is 0.299. The Balaban J connectivity index is 2.10. The van der Waals surface area contributed by atoms with E-state index in [-0.39, 0.29) is 31.8 Å². The van der Waals surface area contributed by atoms with Gasteiger partial charge in [-0.2, -0.15) is 11.8 Å². The molecule has 10 heteroatoms. The summed E-state index contributed by atoms with van der Waals surface area (Å²) in [5, 5.41) is 5.46. The normalized spacial score (nSPS) is 13.1. The first-order valence-corrected chi connectivity index (χ1v) is 13.4. The number of amides is 2. The van der Waals surface area contributed by atoms with Crippen molar-refractivity contribution in [2.75, 3.05) is 19.0 Å². The average molecular weight is 530 g/mol. The molecule has 4 N–H and O–H groups in total. The fourth-order valence-electron chi connectivity index (χ4n) is 3.36. The molecule has 0 fully saturated rings. The number of thioether (sulfide) groups is 1. The van der Waals surface area contributed by atoms with E-state index < -0.39 is 41.9 Å². The molecule has 37 heavy (non-hydrogen) atoms. The van der Waals surface area contributed by atoms with Crippen LogP contribution >= 0.6 is 11.8 Å². The number of ether oxygens (including phenoxy) is 2. The average Bonchev–Trinajstić information content (AvgIpc) is 2.91. The minimum Gasteiger partial charge on any atom is -0.465 e. The van der Waals surface area contributed by atoms with Gasteiger partial charge in [0.2, 0.25) is 11.8 Å². The summed E-state index contributed by atoms with van der Waals surface area (Å²) in [7, 11) is 0. The zero-order chi connectivity index (χ0) is 27.0. The fraction of sp³-hybridized carbons (Fsp3) is 0.407. The summed E-state index contributed by atoms with van der Waals surface area (Å²) in [4.78, 5) is 50.3. The Bertz CT molecular complexity index is 1010. The molecule has 2 aromatic rings. The van der Waals surface area contributed by atoms with Gasteiger partial charge in [0.1, 0.15) is 12.1 Å². The zero-order valence-electron chi connectivity index (χ0n) is 21.2. The van der Waals surface area contributed by atoms with E-state index in [9.17, 15) is 19.2 Å².